The number of aliphatic hydroxyl groups excluding tert-OH is 1. The largest absolute Gasteiger partial charge is 0.387 e. The van der Waals surface area contributed by atoms with Crippen molar-refractivity contribution in [2.45, 2.75) is 62.8 Å². The number of morpholine rings is 1. The second kappa shape index (κ2) is 5.71. The van der Waals surface area contributed by atoms with Gasteiger partial charge in [-0.15, -0.1) is 0 Å². The molecule has 3 aliphatic rings. The van der Waals surface area contributed by atoms with Crippen LogP contribution in [-0.4, -0.2) is 41.3 Å². The zero-order valence-electron chi connectivity index (χ0n) is 12.6. The van der Waals surface area contributed by atoms with Crippen molar-refractivity contribution in [1.82, 2.24) is 4.90 Å². The van der Waals surface area contributed by atoms with Gasteiger partial charge in [-0.25, -0.2) is 0 Å². The molecule has 1 aliphatic heterocycles. The van der Waals surface area contributed by atoms with Crippen LogP contribution in [0, 0.1) is 0 Å². The molecule has 0 amide bonds. The van der Waals surface area contributed by atoms with E-state index in [2.05, 4.69) is 23.1 Å². The minimum Gasteiger partial charge on any atom is -0.387 e. The number of aliphatic hydroxyl groups is 1. The molecule has 1 saturated heterocycles. The predicted octanol–water partition coefficient (Wildman–Crippen LogP) is 2.68. The number of benzene rings is 1. The molecular weight excluding hydrogens is 262 g/mol. The number of hydrogen-bond donors (Lipinski definition) is 1. The molecule has 114 valence electrons. The first-order valence-corrected chi connectivity index (χ1v) is 8.48. The molecule has 3 nitrogen and oxygen atoms in total. The summed E-state index contributed by atoms with van der Waals surface area (Å²) < 4.78 is 5.98. The van der Waals surface area contributed by atoms with E-state index < -0.39 is 0 Å². The van der Waals surface area contributed by atoms with Crippen molar-refractivity contribution in [1.29, 1.82) is 0 Å². The Balaban J connectivity index is 1.58. The number of fused-ring (bicyclic) bond motifs is 2. The lowest BCUT2D eigenvalue weighted by molar-refractivity contribution is -0.121. The molecule has 2 aliphatic carbocycles. The molecule has 0 aromatic heterocycles. The van der Waals surface area contributed by atoms with E-state index in [-0.39, 0.29) is 12.1 Å². The first-order chi connectivity index (χ1) is 10.3. The average Bonchev–Trinajstić information content (AvgIpc) is 2.55. The van der Waals surface area contributed by atoms with Crippen molar-refractivity contribution in [3.8, 4) is 0 Å². The third kappa shape index (κ3) is 2.41. The summed E-state index contributed by atoms with van der Waals surface area (Å²) in [5.74, 6) is 0. The molecule has 4 unspecified atom stereocenters. The monoisotopic (exact) mass is 287 g/mol. The van der Waals surface area contributed by atoms with Crippen LogP contribution in [0.25, 0.3) is 0 Å². The molecule has 4 atom stereocenters. The van der Waals surface area contributed by atoms with Crippen LogP contribution in [0.3, 0.4) is 0 Å². The van der Waals surface area contributed by atoms with E-state index >= 15 is 0 Å². The number of nitrogens with zero attached hydrogens (tertiary/aromatic N) is 1. The van der Waals surface area contributed by atoms with Crippen LogP contribution in [0.2, 0.25) is 0 Å². The Morgan fingerprint density at radius 2 is 1.90 bits per heavy atom. The maximum Gasteiger partial charge on any atom is 0.0948 e. The van der Waals surface area contributed by atoms with E-state index in [9.17, 15) is 5.11 Å². The maximum absolute atomic E-state index is 10.9. The van der Waals surface area contributed by atoms with Crippen molar-refractivity contribution >= 4 is 0 Å². The summed E-state index contributed by atoms with van der Waals surface area (Å²) in [5.41, 5.74) is 2.47. The third-order valence-corrected chi connectivity index (χ3v) is 5.65. The van der Waals surface area contributed by atoms with Gasteiger partial charge in [0.2, 0.25) is 0 Å². The van der Waals surface area contributed by atoms with Gasteiger partial charge in [-0.3, -0.25) is 4.90 Å². The Morgan fingerprint density at radius 3 is 2.86 bits per heavy atom. The lowest BCUT2D eigenvalue weighted by atomic mass is 9.82. The summed E-state index contributed by atoms with van der Waals surface area (Å²) in [6, 6.07) is 9.19. The van der Waals surface area contributed by atoms with Crippen LogP contribution in [0.1, 0.15) is 49.3 Å². The Labute approximate surface area is 126 Å². The van der Waals surface area contributed by atoms with Gasteiger partial charge in [-0.05, 0) is 36.8 Å². The fourth-order valence-electron chi connectivity index (χ4n) is 4.60. The van der Waals surface area contributed by atoms with E-state index in [1.807, 2.05) is 6.07 Å². The summed E-state index contributed by atoms with van der Waals surface area (Å²) >= 11 is 0. The van der Waals surface area contributed by atoms with Crippen molar-refractivity contribution < 1.29 is 9.84 Å². The molecule has 0 bridgehead atoms. The first-order valence-electron chi connectivity index (χ1n) is 8.48. The van der Waals surface area contributed by atoms with Gasteiger partial charge in [0.05, 0.1) is 18.8 Å². The number of hydrogen-bond acceptors (Lipinski definition) is 3. The van der Waals surface area contributed by atoms with Crippen molar-refractivity contribution in [3.63, 3.8) is 0 Å². The zero-order valence-corrected chi connectivity index (χ0v) is 12.6. The summed E-state index contributed by atoms with van der Waals surface area (Å²) in [7, 11) is 0. The van der Waals surface area contributed by atoms with E-state index in [4.69, 9.17) is 4.74 Å². The summed E-state index contributed by atoms with van der Waals surface area (Å²) in [6.07, 6.45) is 7.25. The van der Waals surface area contributed by atoms with Crippen LogP contribution in [0.15, 0.2) is 24.3 Å². The van der Waals surface area contributed by atoms with Crippen LogP contribution in [0.5, 0.6) is 0 Å². The highest BCUT2D eigenvalue weighted by Gasteiger charge is 2.41. The smallest absolute Gasteiger partial charge is 0.0948 e. The SMILES string of the molecule is OC1c2ccccc2CCC1N1CCOC2CCCCC21. The molecular formula is C18H25NO2. The van der Waals surface area contributed by atoms with Crippen LogP contribution in [0.4, 0.5) is 0 Å². The van der Waals surface area contributed by atoms with Crippen molar-refractivity contribution in [3.05, 3.63) is 35.4 Å². The Hall–Kier alpha value is -0.900. The van der Waals surface area contributed by atoms with E-state index in [1.165, 1.54) is 31.2 Å². The molecule has 1 aromatic rings. The van der Waals surface area contributed by atoms with Gasteiger partial charge in [0.15, 0.2) is 0 Å². The Bertz CT molecular complexity index is 502. The molecule has 1 aromatic carbocycles. The van der Waals surface area contributed by atoms with E-state index in [0.717, 1.165) is 31.6 Å². The highest BCUT2D eigenvalue weighted by atomic mass is 16.5. The van der Waals surface area contributed by atoms with Gasteiger partial charge in [0.1, 0.15) is 0 Å². The van der Waals surface area contributed by atoms with Crippen molar-refractivity contribution in [2.24, 2.45) is 0 Å². The van der Waals surface area contributed by atoms with Gasteiger partial charge < -0.3 is 9.84 Å². The standard InChI is InChI=1S/C18H25NO2/c20-18-14-6-2-1-5-13(14)9-10-16(18)19-11-12-21-17-8-4-3-7-15(17)19/h1-2,5-6,15-18,20H,3-4,7-12H2. The maximum atomic E-state index is 10.9. The van der Waals surface area contributed by atoms with Crippen molar-refractivity contribution in [2.75, 3.05) is 13.2 Å². The quantitative estimate of drug-likeness (QED) is 0.862. The van der Waals surface area contributed by atoms with Gasteiger partial charge >= 0.3 is 0 Å². The van der Waals surface area contributed by atoms with E-state index in [0.29, 0.717) is 12.1 Å². The van der Waals surface area contributed by atoms with Gasteiger partial charge in [-0.2, -0.15) is 0 Å². The Kier molecular flexibility index (Phi) is 3.74. The first kappa shape index (κ1) is 13.7. The third-order valence-electron chi connectivity index (χ3n) is 5.65. The number of aryl methyl sites for hydroxylation is 1. The molecule has 2 fully saturated rings. The predicted molar refractivity (Wildman–Crippen MR) is 82.2 cm³/mol. The molecule has 21 heavy (non-hydrogen) atoms. The minimum atomic E-state index is -0.337. The molecule has 1 heterocycles. The van der Waals surface area contributed by atoms with Crippen LogP contribution in [-0.2, 0) is 11.2 Å². The minimum absolute atomic E-state index is 0.273. The molecule has 4 rings (SSSR count). The lowest BCUT2D eigenvalue weighted by Gasteiger charge is -2.49. The van der Waals surface area contributed by atoms with Gasteiger partial charge in [0.25, 0.3) is 0 Å². The van der Waals surface area contributed by atoms with Crippen LogP contribution < -0.4 is 0 Å². The molecule has 0 radical (unpaired) electrons. The molecule has 1 N–H and O–H groups in total. The summed E-state index contributed by atoms with van der Waals surface area (Å²) in [6.45, 7) is 1.80. The zero-order chi connectivity index (χ0) is 14.2. The second-order valence-corrected chi connectivity index (χ2v) is 6.75. The lowest BCUT2D eigenvalue weighted by Crippen LogP contribution is -2.58. The molecule has 0 spiro atoms. The fourth-order valence-corrected chi connectivity index (χ4v) is 4.60. The number of ether oxygens (including phenoxy) is 1. The van der Waals surface area contributed by atoms with Crippen LogP contribution >= 0.6 is 0 Å². The van der Waals surface area contributed by atoms with Gasteiger partial charge in [0, 0.05) is 18.6 Å². The Morgan fingerprint density at radius 1 is 1.05 bits per heavy atom. The highest BCUT2D eigenvalue weighted by molar-refractivity contribution is 5.32. The molecule has 3 heteroatoms. The summed E-state index contributed by atoms with van der Waals surface area (Å²) in [4.78, 5) is 2.58. The normalized spacial score (nSPS) is 36.8. The number of rotatable bonds is 1. The average molecular weight is 287 g/mol. The summed E-state index contributed by atoms with van der Waals surface area (Å²) in [5, 5.41) is 10.9. The fraction of sp³-hybridized carbons (Fsp3) is 0.667. The van der Waals surface area contributed by atoms with E-state index in [1.54, 1.807) is 0 Å². The highest BCUT2D eigenvalue weighted by Crippen LogP contribution is 2.38. The topological polar surface area (TPSA) is 32.7 Å². The second-order valence-electron chi connectivity index (χ2n) is 6.75. The molecule has 1 saturated carbocycles. The van der Waals surface area contributed by atoms with Gasteiger partial charge in [-0.1, -0.05) is 37.1 Å².